The van der Waals surface area contributed by atoms with E-state index in [-0.39, 0.29) is 11.5 Å². The molecule has 3 heterocycles. The predicted octanol–water partition coefficient (Wildman–Crippen LogP) is 2.43. The van der Waals surface area contributed by atoms with E-state index in [1.165, 1.54) is 11.8 Å². The Morgan fingerprint density at radius 3 is 3.00 bits per heavy atom. The van der Waals surface area contributed by atoms with E-state index in [1.807, 2.05) is 6.07 Å². The third-order valence-electron chi connectivity index (χ3n) is 2.54. The fourth-order valence-electron chi connectivity index (χ4n) is 1.58. The molecule has 0 unspecified atom stereocenters. The number of carbonyl (C=O) groups is 1. The third-order valence-corrected chi connectivity index (χ3v) is 3.36. The van der Waals surface area contributed by atoms with Gasteiger partial charge in [0.15, 0.2) is 5.78 Å². The number of aromatic amines is 1. The zero-order valence-corrected chi connectivity index (χ0v) is 11.1. The molecule has 3 rings (SSSR count). The Balaban J connectivity index is 1.65. The second-order valence-electron chi connectivity index (χ2n) is 3.91. The minimum atomic E-state index is -0.0128. The van der Waals surface area contributed by atoms with Gasteiger partial charge in [0, 0.05) is 18.6 Å². The summed E-state index contributed by atoms with van der Waals surface area (Å²) in [5, 5.41) is 8.20. The number of ketones is 1. The van der Waals surface area contributed by atoms with Crippen LogP contribution in [0.25, 0.3) is 11.5 Å². The lowest BCUT2D eigenvalue weighted by Gasteiger charge is -1.95. The molecule has 0 spiro atoms. The Morgan fingerprint density at radius 1 is 1.30 bits per heavy atom. The molecule has 0 radical (unpaired) electrons. The first-order valence-electron chi connectivity index (χ1n) is 5.86. The number of hydrogen-bond acceptors (Lipinski definition) is 6. The van der Waals surface area contributed by atoms with E-state index in [2.05, 4.69) is 20.2 Å². The van der Waals surface area contributed by atoms with Gasteiger partial charge in [-0.2, -0.15) is 0 Å². The lowest BCUT2D eigenvalue weighted by Crippen LogP contribution is -2.02. The maximum atomic E-state index is 11.8. The van der Waals surface area contributed by atoms with Gasteiger partial charge in [-0.15, -0.1) is 10.2 Å². The molecule has 0 amide bonds. The van der Waals surface area contributed by atoms with Gasteiger partial charge in [0.05, 0.1) is 17.0 Å². The molecule has 0 aliphatic carbocycles. The van der Waals surface area contributed by atoms with Crippen LogP contribution in [0.15, 0.2) is 52.5 Å². The van der Waals surface area contributed by atoms with Crippen LogP contribution in [0.2, 0.25) is 0 Å². The van der Waals surface area contributed by atoms with Gasteiger partial charge in [-0.25, -0.2) is 0 Å². The molecule has 6 nitrogen and oxygen atoms in total. The maximum Gasteiger partial charge on any atom is 0.277 e. The lowest BCUT2D eigenvalue weighted by atomic mass is 10.3. The summed E-state index contributed by atoms with van der Waals surface area (Å²) in [6.07, 6.45) is 5.03. The molecular formula is C13H10N4O2S. The first-order valence-corrected chi connectivity index (χ1v) is 6.85. The molecule has 0 aromatic carbocycles. The standard InChI is InChI=1S/C13H10N4O2S/c18-11(10-4-2-6-15-10)8-20-13-17-16-12(19-13)9-3-1-5-14-7-9/h1-7,15H,8H2. The van der Waals surface area contributed by atoms with E-state index in [0.717, 1.165) is 5.56 Å². The van der Waals surface area contributed by atoms with Crippen molar-refractivity contribution < 1.29 is 9.21 Å². The van der Waals surface area contributed by atoms with Crippen LogP contribution in [0.1, 0.15) is 10.5 Å². The Hall–Kier alpha value is -2.41. The van der Waals surface area contributed by atoms with Gasteiger partial charge in [0.25, 0.3) is 5.22 Å². The van der Waals surface area contributed by atoms with E-state index >= 15 is 0 Å². The van der Waals surface area contributed by atoms with Crippen LogP contribution in [-0.4, -0.2) is 31.7 Å². The van der Waals surface area contributed by atoms with Crippen molar-refractivity contribution in [2.45, 2.75) is 5.22 Å². The summed E-state index contributed by atoms with van der Waals surface area (Å²) >= 11 is 1.21. The molecule has 0 fully saturated rings. The number of nitrogens with one attached hydrogen (secondary N) is 1. The summed E-state index contributed by atoms with van der Waals surface area (Å²) in [6, 6.07) is 7.14. The number of nitrogens with zero attached hydrogens (tertiary/aromatic N) is 3. The highest BCUT2D eigenvalue weighted by Gasteiger charge is 2.12. The van der Waals surface area contributed by atoms with Gasteiger partial charge >= 0.3 is 0 Å². The second-order valence-corrected chi connectivity index (χ2v) is 4.84. The number of carbonyl (C=O) groups excluding carboxylic acids is 1. The predicted molar refractivity (Wildman–Crippen MR) is 73.4 cm³/mol. The number of H-pyrrole nitrogens is 1. The van der Waals surface area contributed by atoms with Crippen molar-refractivity contribution in [1.82, 2.24) is 20.2 Å². The molecule has 100 valence electrons. The number of Topliss-reactive ketones (excluding diaryl/α,β-unsaturated/α-hetero) is 1. The molecular weight excluding hydrogens is 276 g/mol. The fraction of sp³-hybridized carbons (Fsp3) is 0.0769. The van der Waals surface area contributed by atoms with Crippen LogP contribution in [0.3, 0.4) is 0 Å². The van der Waals surface area contributed by atoms with Crippen LogP contribution >= 0.6 is 11.8 Å². The van der Waals surface area contributed by atoms with Crippen molar-refractivity contribution in [2.24, 2.45) is 0 Å². The van der Waals surface area contributed by atoms with Crippen molar-refractivity contribution in [3.05, 3.63) is 48.5 Å². The number of hydrogen-bond donors (Lipinski definition) is 1. The SMILES string of the molecule is O=C(CSc1nnc(-c2cccnc2)o1)c1ccc[nH]1. The lowest BCUT2D eigenvalue weighted by molar-refractivity contribution is 0.101. The summed E-state index contributed by atoms with van der Waals surface area (Å²) in [6.45, 7) is 0. The van der Waals surface area contributed by atoms with Gasteiger partial charge in [-0.1, -0.05) is 11.8 Å². The Kier molecular flexibility index (Phi) is 3.60. The van der Waals surface area contributed by atoms with Crippen LogP contribution in [-0.2, 0) is 0 Å². The maximum absolute atomic E-state index is 11.8. The molecule has 0 atom stereocenters. The molecule has 0 aliphatic heterocycles. The van der Waals surface area contributed by atoms with Crippen LogP contribution in [0.4, 0.5) is 0 Å². The average molecular weight is 286 g/mol. The average Bonchev–Trinajstić information content (AvgIpc) is 3.17. The van der Waals surface area contributed by atoms with E-state index < -0.39 is 0 Å². The topological polar surface area (TPSA) is 84.7 Å². The molecule has 3 aromatic rings. The number of thioether (sulfide) groups is 1. The summed E-state index contributed by atoms with van der Waals surface area (Å²) in [5.41, 5.74) is 1.33. The zero-order chi connectivity index (χ0) is 13.8. The van der Waals surface area contributed by atoms with E-state index in [4.69, 9.17) is 4.42 Å². The van der Waals surface area contributed by atoms with Gasteiger partial charge in [0.1, 0.15) is 0 Å². The van der Waals surface area contributed by atoms with Crippen molar-refractivity contribution in [2.75, 3.05) is 5.75 Å². The molecule has 3 aromatic heterocycles. The number of pyridine rings is 1. The third kappa shape index (κ3) is 2.77. The van der Waals surface area contributed by atoms with Gasteiger partial charge in [-0.05, 0) is 24.3 Å². The Bertz CT molecular complexity index is 694. The van der Waals surface area contributed by atoms with E-state index in [1.54, 1.807) is 36.8 Å². The molecule has 0 saturated carbocycles. The molecule has 7 heteroatoms. The molecule has 20 heavy (non-hydrogen) atoms. The van der Waals surface area contributed by atoms with Crippen LogP contribution in [0, 0.1) is 0 Å². The van der Waals surface area contributed by atoms with Crippen molar-refractivity contribution in [1.29, 1.82) is 0 Å². The summed E-state index contributed by atoms with van der Waals surface area (Å²) < 4.78 is 5.48. The summed E-state index contributed by atoms with van der Waals surface area (Å²) in [4.78, 5) is 18.7. The quantitative estimate of drug-likeness (QED) is 0.573. The zero-order valence-electron chi connectivity index (χ0n) is 10.3. The van der Waals surface area contributed by atoms with Crippen molar-refractivity contribution >= 4 is 17.5 Å². The highest BCUT2D eigenvalue weighted by atomic mass is 32.2. The molecule has 0 aliphatic rings. The minimum absolute atomic E-state index is 0.0128. The molecule has 0 bridgehead atoms. The van der Waals surface area contributed by atoms with E-state index in [9.17, 15) is 4.79 Å². The number of rotatable bonds is 5. The second kappa shape index (κ2) is 5.70. The monoisotopic (exact) mass is 286 g/mol. The largest absolute Gasteiger partial charge is 0.411 e. The first-order chi connectivity index (χ1) is 9.83. The summed E-state index contributed by atoms with van der Waals surface area (Å²) in [5.74, 6) is 0.629. The van der Waals surface area contributed by atoms with Gasteiger partial charge in [0.2, 0.25) is 5.89 Å². The van der Waals surface area contributed by atoms with E-state index in [0.29, 0.717) is 16.8 Å². The normalized spacial score (nSPS) is 10.6. The van der Waals surface area contributed by atoms with Crippen LogP contribution < -0.4 is 0 Å². The van der Waals surface area contributed by atoms with Crippen molar-refractivity contribution in [3.8, 4) is 11.5 Å². The Morgan fingerprint density at radius 2 is 2.25 bits per heavy atom. The highest BCUT2D eigenvalue weighted by Crippen LogP contribution is 2.22. The Labute approximate surface area is 118 Å². The van der Waals surface area contributed by atoms with Crippen molar-refractivity contribution in [3.63, 3.8) is 0 Å². The fourth-order valence-corrected chi connectivity index (χ4v) is 2.23. The smallest absolute Gasteiger partial charge is 0.277 e. The first kappa shape index (κ1) is 12.6. The van der Waals surface area contributed by atoms with Crippen LogP contribution in [0.5, 0.6) is 0 Å². The van der Waals surface area contributed by atoms with Gasteiger partial charge < -0.3 is 9.40 Å². The highest BCUT2D eigenvalue weighted by molar-refractivity contribution is 7.99. The molecule has 0 saturated heterocycles. The molecule has 1 N–H and O–H groups in total. The number of aromatic nitrogens is 4. The van der Waals surface area contributed by atoms with Gasteiger partial charge in [-0.3, -0.25) is 9.78 Å². The minimum Gasteiger partial charge on any atom is -0.411 e. The summed E-state index contributed by atoms with van der Waals surface area (Å²) in [7, 11) is 0.